The zero-order chi connectivity index (χ0) is 32.2. The van der Waals surface area contributed by atoms with Crippen molar-refractivity contribution in [2.24, 2.45) is 5.92 Å². The highest BCUT2D eigenvalue weighted by molar-refractivity contribution is 6.38. The number of rotatable bonds is 14. The Balaban J connectivity index is 1.64. The number of ketones is 1. The van der Waals surface area contributed by atoms with Gasteiger partial charge in [0, 0.05) is 18.5 Å². The van der Waals surface area contributed by atoms with E-state index in [2.05, 4.69) is 21.3 Å². The van der Waals surface area contributed by atoms with E-state index < -0.39 is 59.4 Å². The number of nitrogens with one attached hydrogen (secondary N) is 4. The minimum absolute atomic E-state index is 0.0390. The van der Waals surface area contributed by atoms with Gasteiger partial charge in [0.2, 0.25) is 17.6 Å². The Morgan fingerprint density at radius 2 is 1.27 bits per heavy atom. The molecule has 0 aliphatic heterocycles. The topological polar surface area (TPSA) is 171 Å². The molecule has 3 aromatic rings. The van der Waals surface area contributed by atoms with Gasteiger partial charge in [-0.15, -0.1) is 0 Å². The molecule has 4 amide bonds. The van der Waals surface area contributed by atoms with Crippen molar-refractivity contribution in [1.82, 2.24) is 21.3 Å². The normalized spacial score (nSPS) is 12.7. The predicted molar refractivity (Wildman–Crippen MR) is 162 cm³/mol. The molecule has 1 unspecified atom stereocenters. The second-order valence-corrected chi connectivity index (χ2v) is 10.6. The van der Waals surface area contributed by atoms with Crippen molar-refractivity contribution in [2.75, 3.05) is 0 Å². The number of benzene rings is 3. The van der Waals surface area contributed by atoms with Crippen molar-refractivity contribution in [3.8, 4) is 0 Å². The predicted octanol–water partition coefficient (Wildman–Crippen LogP) is 2.26. The lowest BCUT2D eigenvalue weighted by molar-refractivity contribution is -0.141. The van der Waals surface area contributed by atoms with Crippen molar-refractivity contribution in [1.29, 1.82) is 0 Å². The summed E-state index contributed by atoms with van der Waals surface area (Å²) in [5.74, 6) is -5.18. The second kappa shape index (κ2) is 15.8. The summed E-state index contributed by atoms with van der Waals surface area (Å²) in [4.78, 5) is 76.0. The van der Waals surface area contributed by atoms with Crippen LogP contribution in [-0.4, -0.2) is 58.6 Å². The van der Waals surface area contributed by atoms with Crippen molar-refractivity contribution in [3.05, 3.63) is 107 Å². The molecule has 3 rings (SSSR count). The van der Waals surface area contributed by atoms with Gasteiger partial charge in [-0.25, -0.2) is 4.79 Å². The first kappa shape index (κ1) is 33.2. The van der Waals surface area contributed by atoms with E-state index in [1.54, 1.807) is 50.2 Å². The Morgan fingerprint density at radius 1 is 0.682 bits per heavy atom. The van der Waals surface area contributed by atoms with Crippen LogP contribution >= 0.6 is 0 Å². The van der Waals surface area contributed by atoms with Gasteiger partial charge in [0.25, 0.3) is 11.8 Å². The molecule has 0 aliphatic rings. The van der Waals surface area contributed by atoms with Gasteiger partial charge in [-0.1, -0.05) is 74.5 Å². The monoisotopic (exact) mass is 600 g/mol. The lowest BCUT2D eigenvalue weighted by Crippen LogP contribution is -2.57. The van der Waals surface area contributed by atoms with Crippen molar-refractivity contribution in [2.45, 2.75) is 51.9 Å². The molecule has 230 valence electrons. The fourth-order valence-electron chi connectivity index (χ4n) is 4.31. The van der Waals surface area contributed by atoms with E-state index in [4.69, 9.17) is 5.11 Å². The molecule has 5 N–H and O–H groups in total. The number of carboxylic acid groups (broad SMARTS) is 1. The van der Waals surface area contributed by atoms with Gasteiger partial charge in [-0.3, -0.25) is 24.0 Å². The second-order valence-electron chi connectivity index (χ2n) is 10.6. The first-order chi connectivity index (χ1) is 21.0. The number of carbonyl (C=O) groups excluding carboxylic acids is 5. The Kier molecular flexibility index (Phi) is 11.9. The standard InChI is InChI=1S/C33H36N4O7/c1-20(2)27(28(38)32(42)34-19-23-13-10-16-25(17-23)33(43)44)37-29(39)21(3)35-31(41)26(18-22-11-6-4-7-12-22)36-30(40)24-14-8-5-9-15-24/h4-17,20-21,26-27H,18-19H2,1-3H3,(H,34,42)(H,35,41)(H,36,40)(H,37,39)(H,43,44)/t21?,26-,27-/m0/s1. The molecule has 0 saturated heterocycles. The van der Waals surface area contributed by atoms with Gasteiger partial charge in [0.15, 0.2) is 0 Å². The number of hydrogen-bond donors (Lipinski definition) is 5. The van der Waals surface area contributed by atoms with E-state index in [0.717, 1.165) is 5.56 Å². The van der Waals surface area contributed by atoms with E-state index in [-0.39, 0.29) is 18.5 Å². The molecule has 0 spiro atoms. The van der Waals surface area contributed by atoms with Gasteiger partial charge in [0.1, 0.15) is 12.1 Å². The summed E-state index contributed by atoms with van der Waals surface area (Å²) in [5, 5.41) is 19.5. The maximum Gasteiger partial charge on any atom is 0.335 e. The van der Waals surface area contributed by atoms with Gasteiger partial charge >= 0.3 is 5.97 Å². The van der Waals surface area contributed by atoms with E-state index in [1.807, 2.05) is 30.3 Å². The molecule has 11 nitrogen and oxygen atoms in total. The molecule has 0 saturated carbocycles. The van der Waals surface area contributed by atoms with Crippen LogP contribution in [0.1, 0.15) is 52.6 Å². The van der Waals surface area contributed by atoms with Gasteiger partial charge in [0.05, 0.1) is 11.6 Å². The van der Waals surface area contributed by atoms with Crippen LogP contribution in [0.5, 0.6) is 0 Å². The number of carbonyl (C=O) groups is 6. The summed E-state index contributed by atoms with van der Waals surface area (Å²) < 4.78 is 0. The minimum Gasteiger partial charge on any atom is -0.478 e. The van der Waals surface area contributed by atoms with Crippen LogP contribution < -0.4 is 21.3 Å². The first-order valence-electron chi connectivity index (χ1n) is 14.1. The summed E-state index contributed by atoms with van der Waals surface area (Å²) in [5.41, 5.74) is 1.69. The summed E-state index contributed by atoms with van der Waals surface area (Å²) in [6, 6.07) is 20.1. The molecule has 0 fully saturated rings. The van der Waals surface area contributed by atoms with Crippen LogP contribution in [0, 0.1) is 5.92 Å². The van der Waals surface area contributed by atoms with Crippen LogP contribution in [0.2, 0.25) is 0 Å². The Hall–Kier alpha value is -5.32. The highest BCUT2D eigenvalue weighted by Gasteiger charge is 2.32. The van der Waals surface area contributed by atoms with Crippen LogP contribution in [0.4, 0.5) is 0 Å². The molecule has 0 bridgehead atoms. The Bertz CT molecular complexity index is 1490. The molecular formula is C33H36N4O7. The third-order valence-electron chi connectivity index (χ3n) is 6.79. The molecule has 3 aromatic carbocycles. The molecule has 11 heteroatoms. The van der Waals surface area contributed by atoms with Crippen LogP contribution in [-0.2, 0) is 32.1 Å². The van der Waals surface area contributed by atoms with Gasteiger partial charge in [-0.2, -0.15) is 0 Å². The fourth-order valence-corrected chi connectivity index (χ4v) is 4.31. The number of hydrogen-bond acceptors (Lipinski definition) is 6. The van der Waals surface area contributed by atoms with Crippen LogP contribution in [0.15, 0.2) is 84.9 Å². The molecule has 44 heavy (non-hydrogen) atoms. The maximum absolute atomic E-state index is 13.3. The number of amides is 4. The smallest absolute Gasteiger partial charge is 0.335 e. The Labute approximate surface area is 255 Å². The van der Waals surface area contributed by atoms with Gasteiger partial charge in [-0.05, 0) is 48.2 Å². The quantitative estimate of drug-likeness (QED) is 0.177. The Morgan fingerprint density at radius 3 is 1.89 bits per heavy atom. The zero-order valence-electron chi connectivity index (χ0n) is 24.7. The summed E-state index contributed by atoms with van der Waals surface area (Å²) >= 11 is 0. The molecule has 0 heterocycles. The lowest BCUT2D eigenvalue weighted by atomic mass is 9.98. The number of Topliss-reactive ketones (excluding diaryl/α,β-unsaturated/α-hetero) is 1. The summed E-state index contributed by atoms with van der Waals surface area (Å²) in [6.07, 6.45) is 0.169. The first-order valence-corrected chi connectivity index (χ1v) is 14.1. The molecular weight excluding hydrogens is 564 g/mol. The van der Waals surface area contributed by atoms with E-state index >= 15 is 0 Å². The SMILES string of the molecule is CC(NC(=O)[C@H](Cc1ccccc1)NC(=O)c1ccccc1)C(=O)N[C@H](C(=O)C(=O)NCc1cccc(C(=O)O)c1)C(C)C. The lowest BCUT2D eigenvalue weighted by Gasteiger charge is -2.25. The summed E-state index contributed by atoms with van der Waals surface area (Å²) in [7, 11) is 0. The minimum atomic E-state index is -1.19. The average Bonchev–Trinajstić information content (AvgIpc) is 3.02. The fraction of sp³-hybridized carbons (Fsp3) is 0.273. The van der Waals surface area contributed by atoms with Crippen molar-refractivity contribution < 1.29 is 33.9 Å². The largest absolute Gasteiger partial charge is 0.478 e. The highest BCUT2D eigenvalue weighted by atomic mass is 16.4. The maximum atomic E-state index is 13.3. The average molecular weight is 601 g/mol. The molecule has 3 atom stereocenters. The van der Waals surface area contributed by atoms with Crippen LogP contribution in [0.25, 0.3) is 0 Å². The molecule has 0 aliphatic carbocycles. The zero-order valence-corrected chi connectivity index (χ0v) is 24.7. The number of aromatic carboxylic acids is 1. The van der Waals surface area contributed by atoms with Crippen LogP contribution in [0.3, 0.4) is 0 Å². The molecule has 0 radical (unpaired) electrons. The third kappa shape index (κ3) is 9.62. The van der Waals surface area contributed by atoms with Crippen molar-refractivity contribution in [3.63, 3.8) is 0 Å². The van der Waals surface area contributed by atoms with Gasteiger partial charge < -0.3 is 26.4 Å². The number of carboxylic acids is 1. The van der Waals surface area contributed by atoms with E-state index in [1.165, 1.54) is 25.1 Å². The molecule has 0 aromatic heterocycles. The van der Waals surface area contributed by atoms with Crippen molar-refractivity contribution >= 4 is 35.4 Å². The highest BCUT2D eigenvalue weighted by Crippen LogP contribution is 2.09. The summed E-state index contributed by atoms with van der Waals surface area (Å²) in [6.45, 7) is 4.66. The van der Waals surface area contributed by atoms with E-state index in [0.29, 0.717) is 11.1 Å². The van der Waals surface area contributed by atoms with E-state index in [9.17, 15) is 28.8 Å². The third-order valence-corrected chi connectivity index (χ3v) is 6.79.